The Balaban J connectivity index is 1.77. The number of alkyl halides is 2. The molecule has 1 aliphatic rings. The standard InChI is InChI=1S/C31H32Cl2F2N2O6/c1-30(2,3)43-28(39)31(36,20-7-5-4-6-8-20)27(38)41-25(14-21-22(32)15-37-16-23(21)33)19-11-12-24(42-29(34)35)26(13-19)40-17-18-9-10-18/h4-8,11-13,15-16,18,25,29H,9-10,14,17,36H2,1-3H3/t25?,31-/m0/s1. The number of carbonyl (C=O) groups is 2. The lowest BCUT2D eigenvalue weighted by molar-refractivity contribution is -0.175. The molecule has 1 unspecified atom stereocenters. The van der Waals surface area contributed by atoms with Gasteiger partial charge in [-0.3, -0.25) is 4.98 Å². The Labute approximate surface area is 258 Å². The van der Waals surface area contributed by atoms with Gasteiger partial charge in [0.05, 0.1) is 16.7 Å². The highest BCUT2D eigenvalue weighted by atomic mass is 35.5. The summed E-state index contributed by atoms with van der Waals surface area (Å²) in [7, 11) is 0. The third kappa shape index (κ3) is 8.34. The summed E-state index contributed by atoms with van der Waals surface area (Å²) in [5, 5.41) is 0.399. The van der Waals surface area contributed by atoms with E-state index in [0.717, 1.165) is 12.8 Å². The number of aromatic nitrogens is 1. The molecule has 230 valence electrons. The number of hydrogen-bond donors (Lipinski definition) is 1. The maximum absolute atomic E-state index is 14.0. The largest absolute Gasteiger partial charge is 0.489 e. The van der Waals surface area contributed by atoms with Gasteiger partial charge in [-0.25, -0.2) is 9.59 Å². The molecule has 3 aromatic rings. The summed E-state index contributed by atoms with van der Waals surface area (Å²) >= 11 is 12.8. The molecule has 12 heteroatoms. The lowest BCUT2D eigenvalue weighted by Crippen LogP contribution is -2.55. The summed E-state index contributed by atoms with van der Waals surface area (Å²) in [5.41, 5.74) is 4.08. The fourth-order valence-electron chi connectivity index (χ4n) is 4.17. The molecule has 1 saturated carbocycles. The van der Waals surface area contributed by atoms with Crippen LogP contribution in [0.15, 0.2) is 60.9 Å². The smallest absolute Gasteiger partial charge is 0.387 e. The number of benzene rings is 2. The Morgan fingerprint density at radius 3 is 2.23 bits per heavy atom. The van der Waals surface area contributed by atoms with Gasteiger partial charge in [-0.15, -0.1) is 0 Å². The van der Waals surface area contributed by atoms with Crippen LogP contribution in [-0.2, 0) is 31.0 Å². The van der Waals surface area contributed by atoms with Gasteiger partial charge in [-0.05, 0) is 68.4 Å². The SMILES string of the molecule is CC(C)(C)OC(=O)[C@@](N)(C(=O)OC(Cc1c(Cl)cncc1Cl)c1ccc(OC(F)F)c(OCC2CC2)c1)c1ccccc1. The highest BCUT2D eigenvalue weighted by Gasteiger charge is 2.49. The fourth-order valence-corrected chi connectivity index (χ4v) is 4.69. The van der Waals surface area contributed by atoms with Crippen LogP contribution < -0.4 is 15.2 Å². The van der Waals surface area contributed by atoms with Crippen molar-refractivity contribution >= 4 is 35.1 Å². The summed E-state index contributed by atoms with van der Waals surface area (Å²) in [6.07, 6.45) is 3.44. The lowest BCUT2D eigenvalue weighted by Gasteiger charge is -2.31. The number of pyridine rings is 1. The van der Waals surface area contributed by atoms with E-state index in [0.29, 0.717) is 23.7 Å². The molecular weight excluding hydrogens is 605 g/mol. The zero-order valence-electron chi connectivity index (χ0n) is 23.8. The van der Waals surface area contributed by atoms with E-state index < -0.39 is 35.8 Å². The van der Waals surface area contributed by atoms with Crippen LogP contribution in [0, 0.1) is 5.92 Å². The number of ether oxygens (including phenoxy) is 4. The Kier molecular flexibility index (Phi) is 10.1. The summed E-state index contributed by atoms with van der Waals surface area (Å²) in [4.78, 5) is 31.4. The molecule has 0 bridgehead atoms. The zero-order valence-corrected chi connectivity index (χ0v) is 25.3. The quantitative estimate of drug-likeness (QED) is 0.171. The van der Waals surface area contributed by atoms with E-state index >= 15 is 0 Å². The molecule has 1 fully saturated rings. The van der Waals surface area contributed by atoms with E-state index in [1.165, 1.54) is 42.7 Å². The van der Waals surface area contributed by atoms with E-state index in [9.17, 15) is 18.4 Å². The van der Waals surface area contributed by atoms with Crippen molar-refractivity contribution in [1.82, 2.24) is 4.98 Å². The Bertz CT molecular complexity index is 1430. The normalized spacial score (nSPS) is 15.4. The summed E-state index contributed by atoms with van der Waals surface area (Å²) in [6, 6.07) is 12.1. The van der Waals surface area contributed by atoms with Crippen LogP contribution >= 0.6 is 23.2 Å². The molecule has 8 nitrogen and oxygen atoms in total. The monoisotopic (exact) mass is 636 g/mol. The minimum atomic E-state index is -3.09. The average Bonchev–Trinajstić information content (AvgIpc) is 3.77. The molecule has 1 heterocycles. The van der Waals surface area contributed by atoms with E-state index in [1.54, 1.807) is 39.0 Å². The van der Waals surface area contributed by atoms with Crippen molar-refractivity contribution in [1.29, 1.82) is 0 Å². The Morgan fingerprint density at radius 1 is 1.00 bits per heavy atom. The number of rotatable bonds is 12. The molecule has 0 amide bonds. The van der Waals surface area contributed by atoms with E-state index in [-0.39, 0.29) is 33.5 Å². The van der Waals surface area contributed by atoms with Crippen LogP contribution in [-0.4, -0.2) is 35.7 Å². The number of nitrogens with zero attached hydrogens (tertiary/aromatic N) is 1. The van der Waals surface area contributed by atoms with Gasteiger partial charge in [0.15, 0.2) is 11.5 Å². The minimum Gasteiger partial charge on any atom is -0.489 e. The van der Waals surface area contributed by atoms with Gasteiger partial charge >= 0.3 is 18.6 Å². The van der Waals surface area contributed by atoms with Crippen molar-refractivity contribution in [3.63, 3.8) is 0 Å². The first kappa shape index (κ1) is 32.4. The second-order valence-electron chi connectivity index (χ2n) is 11.2. The molecule has 0 saturated heterocycles. The molecule has 0 aliphatic heterocycles. The number of carbonyl (C=O) groups excluding carboxylic acids is 2. The molecule has 2 atom stereocenters. The number of esters is 2. The second-order valence-corrected chi connectivity index (χ2v) is 12.0. The molecule has 0 radical (unpaired) electrons. The van der Waals surface area contributed by atoms with Gasteiger partial charge < -0.3 is 24.7 Å². The predicted molar refractivity (Wildman–Crippen MR) is 156 cm³/mol. The van der Waals surface area contributed by atoms with Crippen LogP contribution in [0.4, 0.5) is 8.78 Å². The van der Waals surface area contributed by atoms with Gasteiger partial charge in [0, 0.05) is 18.8 Å². The zero-order chi connectivity index (χ0) is 31.4. The van der Waals surface area contributed by atoms with E-state index in [2.05, 4.69) is 9.72 Å². The number of hydrogen-bond acceptors (Lipinski definition) is 8. The highest BCUT2D eigenvalue weighted by molar-refractivity contribution is 6.35. The number of halogens is 4. The first-order chi connectivity index (χ1) is 20.3. The van der Waals surface area contributed by atoms with Crippen molar-refractivity contribution in [2.75, 3.05) is 6.61 Å². The minimum absolute atomic E-state index is 0.0342. The van der Waals surface area contributed by atoms with E-state index in [4.69, 9.17) is 43.1 Å². The lowest BCUT2D eigenvalue weighted by atomic mass is 9.90. The molecule has 2 aromatic carbocycles. The van der Waals surface area contributed by atoms with Gasteiger partial charge in [0.25, 0.3) is 0 Å². The summed E-state index contributed by atoms with van der Waals surface area (Å²) in [6.45, 7) is 2.14. The van der Waals surface area contributed by atoms with Crippen molar-refractivity contribution in [2.24, 2.45) is 11.7 Å². The molecule has 2 N–H and O–H groups in total. The van der Waals surface area contributed by atoms with Gasteiger partial charge in [-0.2, -0.15) is 8.78 Å². The first-order valence-electron chi connectivity index (χ1n) is 13.6. The van der Waals surface area contributed by atoms with Crippen LogP contribution in [0.2, 0.25) is 10.0 Å². The first-order valence-corrected chi connectivity index (χ1v) is 14.3. The molecule has 4 rings (SSSR count). The van der Waals surface area contributed by atoms with Crippen molar-refractivity contribution < 1.29 is 37.3 Å². The molecule has 43 heavy (non-hydrogen) atoms. The van der Waals surface area contributed by atoms with Crippen molar-refractivity contribution in [2.45, 2.75) is 63.9 Å². The fraction of sp³-hybridized carbons (Fsp3) is 0.387. The predicted octanol–water partition coefficient (Wildman–Crippen LogP) is 6.80. The molecule has 0 spiro atoms. The van der Waals surface area contributed by atoms with Crippen molar-refractivity contribution in [3.8, 4) is 11.5 Å². The van der Waals surface area contributed by atoms with Crippen LogP contribution in [0.3, 0.4) is 0 Å². The topological polar surface area (TPSA) is 110 Å². The summed E-state index contributed by atoms with van der Waals surface area (Å²) < 4.78 is 48.3. The highest BCUT2D eigenvalue weighted by Crippen LogP contribution is 2.39. The van der Waals surface area contributed by atoms with Crippen LogP contribution in [0.1, 0.15) is 56.4 Å². The Morgan fingerprint density at radius 2 is 1.65 bits per heavy atom. The third-order valence-corrected chi connectivity index (χ3v) is 7.24. The molecular formula is C31H32Cl2F2N2O6. The molecule has 1 aromatic heterocycles. The van der Waals surface area contributed by atoms with Gasteiger partial charge in [-0.1, -0.05) is 59.6 Å². The van der Waals surface area contributed by atoms with Gasteiger partial charge in [0.2, 0.25) is 5.54 Å². The molecule has 1 aliphatic carbocycles. The Hall–Kier alpha value is -3.47. The van der Waals surface area contributed by atoms with Crippen LogP contribution in [0.5, 0.6) is 11.5 Å². The maximum atomic E-state index is 14.0. The summed E-state index contributed by atoms with van der Waals surface area (Å²) in [5.74, 6) is -1.98. The third-order valence-electron chi connectivity index (χ3n) is 6.59. The van der Waals surface area contributed by atoms with E-state index in [1.807, 2.05) is 0 Å². The second kappa shape index (κ2) is 13.4. The van der Waals surface area contributed by atoms with Crippen LogP contribution in [0.25, 0.3) is 0 Å². The van der Waals surface area contributed by atoms with Gasteiger partial charge in [0.1, 0.15) is 11.7 Å². The average molecular weight is 638 g/mol. The maximum Gasteiger partial charge on any atom is 0.387 e. The number of nitrogens with two attached hydrogens (primary N) is 1. The van der Waals surface area contributed by atoms with Crippen molar-refractivity contribution in [3.05, 3.63) is 87.7 Å².